The van der Waals surface area contributed by atoms with E-state index in [4.69, 9.17) is 5.11 Å². The number of benzene rings is 3. The number of aliphatic carboxylic acids is 1. The number of phenols is 1. The molecule has 1 aliphatic rings. The van der Waals surface area contributed by atoms with E-state index in [1.807, 2.05) is 6.07 Å². The maximum atomic E-state index is 13.2. The normalized spacial score (nSPS) is 14.1. The van der Waals surface area contributed by atoms with Crippen LogP contribution in [0.25, 0.3) is 10.8 Å². The van der Waals surface area contributed by atoms with Crippen LogP contribution in [0.3, 0.4) is 0 Å². The number of phenolic OH excluding ortho intramolecular Hbond substituents is 1. The lowest BCUT2D eigenvalue weighted by Crippen LogP contribution is -2.19. The molecule has 0 radical (unpaired) electrons. The molecule has 31 heavy (non-hydrogen) atoms. The average molecular weight is 459 g/mol. The lowest BCUT2D eigenvalue weighted by atomic mass is 10.1. The van der Waals surface area contributed by atoms with Crippen molar-refractivity contribution in [3.8, 4) is 5.75 Å². The molecule has 0 aromatic heterocycles. The molecule has 9 heteroatoms. The average Bonchev–Trinajstić information content (AvgIpc) is 3.30. The van der Waals surface area contributed by atoms with Crippen molar-refractivity contribution in [1.29, 1.82) is 0 Å². The number of rotatable bonds is 7. The Kier molecular flexibility index (Phi) is 5.97. The monoisotopic (exact) mass is 458 g/mol. The molecule has 1 aliphatic heterocycles. The fraction of sp³-hybridized carbons (Fsp3) is 0.227. The number of hydrogen-bond donors (Lipinski definition) is 3. The van der Waals surface area contributed by atoms with Gasteiger partial charge in [0.05, 0.1) is 21.2 Å². The molecule has 1 saturated heterocycles. The zero-order valence-corrected chi connectivity index (χ0v) is 18.2. The first-order chi connectivity index (χ1) is 14.8. The Balaban J connectivity index is 1.72. The van der Waals surface area contributed by atoms with Crippen molar-refractivity contribution in [2.45, 2.75) is 22.6 Å². The fourth-order valence-electron chi connectivity index (χ4n) is 3.69. The molecule has 0 unspecified atom stereocenters. The number of nitrogens with one attached hydrogen (secondary N) is 1. The van der Waals surface area contributed by atoms with Crippen LogP contribution in [0.5, 0.6) is 5.75 Å². The highest BCUT2D eigenvalue weighted by molar-refractivity contribution is 8.00. The number of anilines is 2. The van der Waals surface area contributed by atoms with Crippen LogP contribution < -0.4 is 9.62 Å². The molecular weight excluding hydrogens is 436 g/mol. The first-order valence-corrected chi connectivity index (χ1v) is 12.3. The van der Waals surface area contributed by atoms with Crippen LogP contribution in [-0.2, 0) is 14.8 Å². The molecule has 7 nitrogen and oxygen atoms in total. The Morgan fingerprint density at radius 3 is 2.45 bits per heavy atom. The quantitative estimate of drug-likeness (QED) is 0.361. The number of fused-ring (bicyclic) bond motifs is 1. The van der Waals surface area contributed by atoms with Gasteiger partial charge in [0.25, 0.3) is 10.0 Å². The third kappa shape index (κ3) is 4.57. The number of carboxylic acid groups (broad SMARTS) is 1. The molecule has 1 heterocycles. The standard InChI is InChI=1S/C22H22N2O5S2/c25-21(26)14-30-20-13-19(17-8-1-2-9-18(17)22(20)27)23-31(28,29)16-7-5-6-15(12-16)24-10-3-4-11-24/h1-2,5-9,12-13,23,27H,3-4,10-11,14H2,(H,25,26). The molecular formula is C22H22N2O5S2. The molecule has 3 aromatic carbocycles. The van der Waals surface area contributed by atoms with Crippen molar-refractivity contribution in [1.82, 2.24) is 0 Å². The third-order valence-electron chi connectivity index (χ3n) is 5.18. The van der Waals surface area contributed by atoms with Crippen LogP contribution in [0.4, 0.5) is 11.4 Å². The van der Waals surface area contributed by atoms with Crippen LogP contribution in [-0.4, -0.2) is 43.4 Å². The van der Waals surface area contributed by atoms with E-state index in [1.165, 1.54) is 6.07 Å². The molecule has 3 N–H and O–H groups in total. The van der Waals surface area contributed by atoms with Crippen LogP contribution in [0.1, 0.15) is 12.8 Å². The fourth-order valence-corrected chi connectivity index (χ4v) is 5.53. The topological polar surface area (TPSA) is 107 Å². The minimum atomic E-state index is -3.90. The highest BCUT2D eigenvalue weighted by atomic mass is 32.2. The predicted octanol–water partition coefficient (Wildman–Crippen LogP) is 4.12. The summed E-state index contributed by atoms with van der Waals surface area (Å²) in [5, 5.41) is 20.5. The van der Waals surface area contributed by atoms with Crippen molar-refractivity contribution in [3.05, 3.63) is 54.6 Å². The second-order valence-corrected chi connectivity index (χ2v) is 10.00. The molecule has 0 spiro atoms. The van der Waals surface area contributed by atoms with Crippen molar-refractivity contribution in [3.63, 3.8) is 0 Å². The van der Waals surface area contributed by atoms with Gasteiger partial charge in [-0.1, -0.05) is 30.3 Å². The SMILES string of the molecule is O=C(O)CSc1cc(NS(=O)(=O)c2cccc(N3CCCC3)c2)c2ccccc2c1O. The Hall–Kier alpha value is -2.91. The largest absolute Gasteiger partial charge is 0.506 e. The van der Waals surface area contributed by atoms with Gasteiger partial charge in [0.2, 0.25) is 0 Å². The van der Waals surface area contributed by atoms with Crippen molar-refractivity contribution < 1.29 is 23.4 Å². The van der Waals surface area contributed by atoms with E-state index < -0.39 is 16.0 Å². The van der Waals surface area contributed by atoms with Crippen LogP contribution in [0.15, 0.2) is 64.4 Å². The van der Waals surface area contributed by atoms with E-state index in [1.54, 1.807) is 42.5 Å². The van der Waals surface area contributed by atoms with E-state index in [0.29, 0.717) is 15.7 Å². The third-order valence-corrected chi connectivity index (χ3v) is 7.55. The van der Waals surface area contributed by atoms with Gasteiger partial charge in [-0.05, 0) is 37.1 Å². The highest BCUT2D eigenvalue weighted by Gasteiger charge is 2.21. The molecule has 0 atom stereocenters. The molecule has 3 aromatic rings. The lowest BCUT2D eigenvalue weighted by molar-refractivity contribution is -0.133. The number of carboxylic acids is 1. The molecule has 0 aliphatic carbocycles. The maximum Gasteiger partial charge on any atom is 0.313 e. The molecule has 1 fully saturated rings. The van der Waals surface area contributed by atoms with E-state index in [2.05, 4.69) is 9.62 Å². The smallest absolute Gasteiger partial charge is 0.313 e. The maximum absolute atomic E-state index is 13.2. The van der Waals surface area contributed by atoms with Gasteiger partial charge < -0.3 is 15.1 Å². The summed E-state index contributed by atoms with van der Waals surface area (Å²) in [6, 6.07) is 15.2. The molecule has 0 amide bonds. The lowest BCUT2D eigenvalue weighted by Gasteiger charge is -2.19. The number of thioether (sulfide) groups is 1. The Labute approximate surface area is 184 Å². The van der Waals surface area contributed by atoms with Crippen LogP contribution >= 0.6 is 11.8 Å². The number of sulfonamides is 1. The van der Waals surface area contributed by atoms with Crippen molar-refractivity contribution in [2.24, 2.45) is 0 Å². The van der Waals surface area contributed by atoms with Crippen LogP contribution in [0, 0.1) is 0 Å². The molecule has 162 valence electrons. The summed E-state index contributed by atoms with van der Waals surface area (Å²) in [6.45, 7) is 1.81. The first kappa shape index (κ1) is 21.3. The van der Waals surface area contributed by atoms with Gasteiger partial charge in [0.15, 0.2) is 0 Å². The van der Waals surface area contributed by atoms with Crippen molar-refractivity contribution >= 4 is 49.9 Å². The molecule has 4 rings (SSSR count). The Morgan fingerprint density at radius 2 is 1.74 bits per heavy atom. The Bertz CT molecular complexity index is 1240. The Morgan fingerprint density at radius 1 is 1.03 bits per heavy atom. The minimum Gasteiger partial charge on any atom is -0.506 e. The predicted molar refractivity (Wildman–Crippen MR) is 123 cm³/mol. The summed E-state index contributed by atoms with van der Waals surface area (Å²) in [7, 11) is -3.90. The summed E-state index contributed by atoms with van der Waals surface area (Å²) in [6.07, 6.45) is 2.18. The number of hydrogen-bond acceptors (Lipinski definition) is 6. The van der Waals surface area contributed by atoms with Gasteiger partial charge in [-0.3, -0.25) is 9.52 Å². The second kappa shape index (κ2) is 8.68. The summed E-state index contributed by atoms with van der Waals surface area (Å²) in [5.41, 5.74) is 1.15. The first-order valence-electron chi connectivity index (χ1n) is 9.82. The van der Waals surface area contributed by atoms with E-state index in [0.717, 1.165) is 43.4 Å². The zero-order valence-electron chi connectivity index (χ0n) is 16.6. The number of carbonyl (C=O) groups is 1. The molecule has 0 bridgehead atoms. The number of aromatic hydroxyl groups is 1. The van der Waals surface area contributed by atoms with E-state index in [-0.39, 0.29) is 22.1 Å². The van der Waals surface area contributed by atoms with Crippen LogP contribution in [0.2, 0.25) is 0 Å². The summed E-state index contributed by atoms with van der Waals surface area (Å²) in [5.74, 6) is -1.35. The van der Waals surface area contributed by atoms with Gasteiger partial charge in [0, 0.05) is 29.5 Å². The minimum absolute atomic E-state index is 0.0687. The summed E-state index contributed by atoms with van der Waals surface area (Å²) < 4.78 is 29.0. The van der Waals surface area contributed by atoms with Crippen molar-refractivity contribution in [2.75, 3.05) is 28.5 Å². The molecule has 0 saturated carbocycles. The summed E-state index contributed by atoms with van der Waals surface area (Å²) >= 11 is 0.934. The number of nitrogens with zero attached hydrogens (tertiary/aromatic N) is 1. The van der Waals surface area contributed by atoms with Gasteiger partial charge in [-0.25, -0.2) is 8.42 Å². The highest BCUT2D eigenvalue weighted by Crippen LogP contribution is 2.40. The van der Waals surface area contributed by atoms with E-state index in [9.17, 15) is 18.3 Å². The van der Waals surface area contributed by atoms with Gasteiger partial charge in [0.1, 0.15) is 5.75 Å². The summed E-state index contributed by atoms with van der Waals surface area (Å²) in [4.78, 5) is 13.6. The van der Waals surface area contributed by atoms with Gasteiger partial charge in [-0.2, -0.15) is 0 Å². The second-order valence-electron chi connectivity index (χ2n) is 7.30. The van der Waals surface area contributed by atoms with Gasteiger partial charge in [-0.15, -0.1) is 11.8 Å². The van der Waals surface area contributed by atoms with Gasteiger partial charge >= 0.3 is 5.97 Å². The zero-order chi connectivity index (χ0) is 22.0. The van der Waals surface area contributed by atoms with E-state index >= 15 is 0 Å².